The van der Waals surface area contributed by atoms with Crippen molar-refractivity contribution in [2.45, 2.75) is 64.5 Å². The zero-order valence-electron chi connectivity index (χ0n) is 21.3. The lowest BCUT2D eigenvalue weighted by Gasteiger charge is -2.33. The highest BCUT2D eigenvalue weighted by atomic mass is 19.1. The highest BCUT2D eigenvalue weighted by molar-refractivity contribution is 5.93. The van der Waals surface area contributed by atoms with Crippen LogP contribution in [0.15, 0.2) is 30.3 Å². The molecule has 0 radical (unpaired) electrons. The van der Waals surface area contributed by atoms with Crippen molar-refractivity contribution in [3.8, 4) is 11.3 Å². The van der Waals surface area contributed by atoms with Gasteiger partial charge in [0, 0.05) is 48.7 Å². The minimum atomic E-state index is -0.517. The second kappa shape index (κ2) is 10.8. The smallest absolute Gasteiger partial charge is 0.319 e. The number of fused-ring (bicyclic) bond motifs is 1. The molecule has 2 aromatic heterocycles. The highest BCUT2D eigenvalue weighted by Gasteiger charge is 2.26. The van der Waals surface area contributed by atoms with E-state index in [1.54, 1.807) is 28.8 Å². The van der Waals surface area contributed by atoms with Crippen LogP contribution in [-0.4, -0.2) is 63.3 Å². The molecule has 2 atom stereocenters. The second-order valence-electron chi connectivity index (χ2n) is 9.79. The van der Waals surface area contributed by atoms with Crippen molar-refractivity contribution in [1.82, 2.24) is 24.8 Å². The van der Waals surface area contributed by atoms with E-state index in [0.29, 0.717) is 42.3 Å². The summed E-state index contributed by atoms with van der Waals surface area (Å²) >= 11 is 0. The first-order valence-corrected chi connectivity index (χ1v) is 13.1. The molecular weight excluding hydrogens is 475 g/mol. The Morgan fingerprint density at radius 3 is 2.76 bits per heavy atom. The van der Waals surface area contributed by atoms with Crippen molar-refractivity contribution in [1.29, 1.82) is 0 Å². The number of hydrogen-bond acceptors (Lipinski definition) is 5. The predicted octanol–water partition coefficient (Wildman–Crippen LogP) is 4.41. The van der Waals surface area contributed by atoms with Gasteiger partial charge in [-0.2, -0.15) is 5.10 Å². The van der Waals surface area contributed by atoms with Gasteiger partial charge in [0.25, 0.3) is 5.91 Å². The van der Waals surface area contributed by atoms with E-state index in [9.17, 15) is 9.59 Å². The zero-order chi connectivity index (χ0) is 25.9. The molecule has 2 fully saturated rings. The van der Waals surface area contributed by atoms with Gasteiger partial charge in [-0.15, -0.1) is 0 Å². The van der Waals surface area contributed by atoms with Gasteiger partial charge >= 0.3 is 6.03 Å². The Hall–Kier alpha value is -3.53. The summed E-state index contributed by atoms with van der Waals surface area (Å²) in [5.74, 6) is -0.594. The standard InChI is InChI=1S/C27H33FN6O3/c1-3-19-14-24(26(35)33-11-5-4-7-17(33)2)31-25-15-23(32-34(19)25)21-10-9-18(13-22(21)28)30-27(36)29-16-20-8-6-12-37-20/h9-10,13-15,17,20H,3-8,11-12,16H2,1-2H3,(H2,29,30,36). The summed E-state index contributed by atoms with van der Waals surface area (Å²) in [6.07, 6.45) is 5.70. The highest BCUT2D eigenvalue weighted by Crippen LogP contribution is 2.27. The van der Waals surface area contributed by atoms with Gasteiger partial charge in [-0.3, -0.25) is 4.79 Å². The molecule has 9 nitrogen and oxygen atoms in total. The molecule has 2 aliphatic rings. The topological polar surface area (TPSA) is 101 Å². The number of aryl methyl sites for hydroxylation is 1. The number of carbonyl (C=O) groups is 2. The summed E-state index contributed by atoms with van der Waals surface area (Å²) in [5, 5.41) is 10.00. The average molecular weight is 509 g/mol. The fourth-order valence-electron chi connectivity index (χ4n) is 5.06. The summed E-state index contributed by atoms with van der Waals surface area (Å²) in [4.78, 5) is 31.9. The molecule has 2 saturated heterocycles. The summed E-state index contributed by atoms with van der Waals surface area (Å²) in [7, 11) is 0. The molecule has 37 heavy (non-hydrogen) atoms. The van der Waals surface area contributed by atoms with Gasteiger partial charge < -0.3 is 20.3 Å². The monoisotopic (exact) mass is 508 g/mol. The van der Waals surface area contributed by atoms with E-state index in [0.717, 1.165) is 44.3 Å². The van der Waals surface area contributed by atoms with Gasteiger partial charge in [-0.05, 0) is 69.7 Å². The number of amides is 3. The number of benzene rings is 1. The number of piperidine rings is 1. The van der Waals surface area contributed by atoms with Crippen LogP contribution < -0.4 is 10.6 Å². The van der Waals surface area contributed by atoms with Crippen LogP contribution in [0.2, 0.25) is 0 Å². The van der Waals surface area contributed by atoms with Gasteiger partial charge in [0.05, 0.1) is 11.8 Å². The van der Waals surface area contributed by atoms with Crippen molar-refractivity contribution in [2.24, 2.45) is 0 Å². The number of aromatic nitrogens is 3. The summed E-state index contributed by atoms with van der Waals surface area (Å²) in [6, 6.07) is 7.74. The lowest BCUT2D eigenvalue weighted by molar-refractivity contribution is 0.0629. The fraction of sp³-hybridized carbons (Fsp3) is 0.481. The van der Waals surface area contributed by atoms with Gasteiger partial charge in [-0.1, -0.05) is 6.92 Å². The molecule has 0 saturated carbocycles. The normalized spacial score (nSPS) is 19.8. The second-order valence-corrected chi connectivity index (χ2v) is 9.79. The van der Waals surface area contributed by atoms with Gasteiger partial charge in [0.2, 0.25) is 0 Å². The third-order valence-electron chi connectivity index (χ3n) is 7.16. The number of halogens is 1. The first-order valence-electron chi connectivity index (χ1n) is 13.1. The van der Waals surface area contributed by atoms with Crippen LogP contribution in [0.4, 0.5) is 14.9 Å². The van der Waals surface area contributed by atoms with Crippen molar-refractivity contribution < 1.29 is 18.7 Å². The zero-order valence-corrected chi connectivity index (χ0v) is 21.3. The number of urea groups is 1. The molecule has 0 bridgehead atoms. The fourth-order valence-corrected chi connectivity index (χ4v) is 5.06. The molecule has 3 aromatic rings. The van der Waals surface area contributed by atoms with Crippen molar-refractivity contribution in [3.05, 3.63) is 47.5 Å². The Kier molecular flexibility index (Phi) is 7.36. The quantitative estimate of drug-likeness (QED) is 0.514. The van der Waals surface area contributed by atoms with E-state index in [-0.39, 0.29) is 23.6 Å². The van der Waals surface area contributed by atoms with Crippen molar-refractivity contribution in [3.63, 3.8) is 0 Å². The molecule has 3 amide bonds. The van der Waals surface area contributed by atoms with E-state index in [2.05, 4.69) is 27.6 Å². The van der Waals surface area contributed by atoms with E-state index in [1.807, 2.05) is 11.8 Å². The van der Waals surface area contributed by atoms with E-state index >= 15 is 4.39 Å². The summed E-state index contributed by atoms with van der Waals surface area (Å²) in [5.41, 5.74) is 2.74. The van der Waals surface area contributed by atoms with Crippen LogP contribution in [-0.2, 0) is 11.2 Å². The Morgan fingerprint density at radius 1 is 1.16 bits per heavy atom. The number of rotatable bonds is 6. The van der Waals surface area contributed by atoms with Crippen LogP contribution in [0, 0.1) is 5.82 Å². The minimum absolute atomic E-state index is 0.0283. The number of ether oxygens (including phenoxy) is 1. The maximum Gasteiger partial charge on any atom is 0.319 e. The van der Waals surface area contributed by atoms with E-state index in [1.165, 1.54) is 6.07 Å². The van der Waals surface area contributed by atoms with Crippen LogP contribution in [0.25, 0.3) is 16.9 Å². The van der Waals surface area contributed by atoms with Crippen molar-refractivity contribution in [2.75, 3.05) is 25.0 Å². The number of likely N-dealkylation sites (tertiary alicyclic amines) is 1. The molecule has 4 heterocycles. The predicted molar refractivity (Wildman–Crippen MR) is 138 cm³/mol. The Bertz CT molecular complexity index is 1300. The summed E-state index contributed by atoms with van der Waals surface area (Å²) < 4.78 is 22.3. The van der Waals surface area contributed by atoms with E-state index < -0.39 is 11.8 Å². The molecule has 5 rings (SSSR count). The Labute approximate surface area is 215 Å². The Morgan fingerprint density at radius 2 is 2.03 bits per heavy atom. The third-order valence-corrected chi connectivity index (χ3v) is 7.16. The van der Waals surface area contributed by atoms with E-state index in [4.69, 9.17) is 4.74 Å². The number of nitrogens with one attached hydrogen (secondary N) is 2. The summed E-state index contributed by atoms with van der Waals surface area (Å²) in [6.45, 7) is 5.92. The van der Waals surface area contributed by atoms with Crippen LogP contribution in [0.1, 0.15) is 62.1 Å². The lowest BCUT2D eigenvalue weighted by Crippen LogP contribution is -2.42. The van der Waals surface area contributed by atoms with Gasteiger partial charge in [-0.25, -0.2) is 18.7 Å². The first-order chi connectivity index (χ1) is 17.9. The molecule has 10 heteroatoms. The molecule has 2 unspecified atom stereocenters. The first kappa shape index (κ1) is 25.1. The maximum atomic E-state index is 15.1. The number of anilines is 1. The average Bonchev–Trinajstić information content (AvgIpc) is 3.57. The number of hydrogen-bond donors (Lipinski definition) is 2. The molecule has 196 valence electrons. The number of nitrogens with zero attached hydrogens (tertiary/aromatic N) is 4. The van der Waals surface area contributed by atoms with Crippen LogP contribution in [0.5, 0.6) is 0 Å². The Balaban J connectivity index is 1.35. The largest absolute Gasteiger partial charge is 0.376 e. The van der Waals surface area contributed by atoms with Crippen LogP contribution >= 0.6 is 0 Å². The molecule has 2 aliphatic heterocycles. The molecule has 0 aliphatic carbocycles. The molecule has 2 N–H and O–H groups in total. The SMILES string of the molecule is CCc1cc(C(=O)N2CCCCC2C)nc2cc(-c3ccc(NC(=O)NCC4CCCO4)cc3F)nn12. The number of carbonyl (C=O) groups excluding carboxylic acids is 2. The van der Waals surface area contributed by atoms with Crippen molar-refractivity contribution >= 4 is 23.3 Å². The molecule has 1 aromatic carbocycles. The minimum Gasteiger partial charge on any atom is -0.376 e. The molecule has 0 spiro atoms. The van der Waals surface area contributed by atoms with Crippen LogP contribution in [0.3, 0.4) is 0 Å². The van der Waals surface area contributed by atoms with Gasteiger partial charge in [0.15, 0.2) is 5.65 Å². The van der Waals surface area contributed by atoms with Gasteiger partial charge in [0.1, 0.15) is 11.5 Å². The maximum absolute atomic E-state index is 15.1. The molecular formula is C27H33FN6O3. The third kappa shape index (κ3) is 5.44. The lowest BCUT2D eigenvalue weighted by atomic mass is 10.0.